The van der Waals surface area contributed by atoms with Crippen molar-refractivity contribution < 1.29 is 9.53 Å². The van der Waals surface area contributed by atoms with Crippen LogP contribution in [0.15, 0.2) is 45.4 Å². The van der Waals surface area contributed by atoms with Crippen LogP contribution in [0.1, 0.15) is 6.42 Å². The third-order valence-corrected chi connectivity index (χ3v) is 5.87. The van der Waals surface area contributed by atoms with Crippen LogP contribution in [-0.4, -0.2) is 37.3 Å². The van der Waals surface area contributed by atoms with Gasteiger partial charge in [-0.1, -0.05) is 0 Å². The Kier molecular flexibility index (Phi) is 5.64. The molecule has 11 heteroatoms. The van der Waals surface area contributed by atoms with Crippen molar-refractivity contribution in [3.05, 3.63) is 50.9 Å². The molecular formula is C19H17BrN6O3S. The number of thiazole rings is 1. The molecule has 0 aliphatic carbocycles. The lowest BCUT2D eigenvalue weighted by molar-refractivity contribution is -0.116. The third kappa shape index (κ3) is 3.98. The number of carbonyl (C=O) groups excluding carboxylic acids is 1. The number of rotatable bonds is 6. The highest BCUT2D eigenvalue weighted by atomic mass is 79.9. The van der Waals surface area contributed by atoms with Gasteiger partial charge >= 0.3 is 0 Å². The lowest BCUT2D eigenvalue weighted by atomic mass is 10.2. The fourth-order valence-electron chi connectivity index (χ4n) is 2.92. The van der Waals surface area contributed by atoms with Crippen molar-refractivity contribution in [1.29, 1.82) is 0 Å². The van der Waals surface area contributed by atoms with Crippen molar-refractivity contribution in [1.82, 2.24) is 24.3 Å². The molecule has 1 aromatic carbocycles. The molecule has 0 radical (unpaired) electrons. The van der Waals surface area contributed by atoms with Crippen molar-refractivity contribution in [3.63, 3.8) is 0 Å². The molecule has 4 aromatic rings. The summed E-state index contributed by atoms with van der Waals surface area (Å²) in [6.45, 7) is 0.214. The van der Waals surface area contributed by atoms with Crippen LogP contribution in [0.2, 0.25) is 0 Å². The topological polar surface area (TPSA) is 104 Å². The van der Waals surface area contributed by atoms with Gasteiger partial charge in [-0.25, -0.2) is 9.97 Å². The summed E-state index contributed by atoms with van der Waals surface area (Å²) < 4.78 is 9.01. The van der Waals surface area contributed by atoms with E-state index in [0.29, 0.717) is 16.2 Å². The van der Waals surface area contributed by atoms with Crippen LogP contribution >= 0.6 is 27.3 Å². The normalized spacial score (nSPS) is 11.0. The number of aromatic nitrogens is 5. The highest BCUT2D eigenvalue weighted by molar-refractivity contribution is 9.10. The van der Waals surface area contributed by atoms with Crippen molar-refractivity contribution in [3.8, 4) is 17.0 Å². The van der Waals surface area contributed by atoms with Crippen molar-refractivity contribution in [2.24, 2.45) is 7.05 Å². The van der Waals surface area contributed by atoms with Gasteiger partial charge < -0.3 is 10.1 Å². The van der Waals surface area contributed by atoms with Gasteiger partial charge in [-0.05, 0) is 34.1 Å². The predicted octanol–water partition coefficient (Wildman–Crippen LogP) is 3.05. The van der Waals surface area contributed by atoms with Gasteiger partial charge in [-0.2, -0.15) is 5.10 Å². The maximum absolute atomic E-state index is 12.5. The monoisotopic (exact) mass is 488 g/mol. The molecular weight excluding hydrogens is 472 g/mol. The van der Waals surface area contributed by atoms with E-state index in [0.717, 1.165) is 21.5 Å². The summed E-state index contributed by atoms with van der Waals surface area (Å²) in [6.07, 6.45) is 3.04. The maximum Gasteiger partial charge on any atom is 0.264 e. The Hall–Kier alpha value is -3.05. The van der Waals surface area contributed by atoms with Crippen molar-refractivity contribution >= 4 is 49.3 Å². The van der Waals surface area contributed by atoms with Gasteiger partial charge in [0.25, 0.3) is 5.56 Å². The van der Waals surface area contributed by atoms with Crippen molar-refractivity contribution in [2.45, 2.75) is 13.0 Å². The summed E-state index contributed by atoms with van der Waals surface area (Å²) in [5, 5.41) is 9.61. The Morgan fingerprint density at radius 3 is 2.97 bits per heavy atom. The molecule has 0 spiro atoms. The first-order valence-corrected chi connectivity index (χ1v) is 10.6. The molecule has 0 fully saturated rings. The summed E-state index contributed by atoms with van der Waals surface area (Å²) >= 11 is 4.80. The standard InChI is InChI=1S/C19H17BrN6O3S/c1-25-17-12(8-22-25)18(28)26(10-21-17)6-5-16(27)24-19-23-14(9-30-19)11-3-4-15(29-2)13(20)7-11/h3-4,7-10H,5-6H2,1-2H3,(H,23,24,27). The number of halogens is 1. The number of anilines is 1. The van der Waals surface area contributed by atoms with Crippen LogP contribution < -0.4 is 15.6 Å². The molecule has 1 amide bonds. The van der Waals surface area contributed by atoms with Crippen molar-refractivity contribution in [2.75, 3.05) is 12.4 Å². The van der Waals surface area contributed by atoms with Crippen LogP contribution in [0.3, 0.4) is 0 Å². The Morgan fingerprint density at radius 1 is 1.37 bits per heavy atom. The first-order valence-electron chi connectivity index (χ1n) is 8.92. The number of hydrogen-bond donors (Lipinski definition) is 1. The van der Waals surface area contributed by atoms with Gasteiger partial charge in [0.2, 0.25) is 5.91 Å². The predicted molar refractivity (Wildman–Crippen MR) is 118 cm³/mol. The summed E-state index contributed by atoms with van der Waals surface area (Å²) in [6, 6.07) is 5.66. The number of aryl methyl sites for hydroxylation is 2. The summed E-state index contributed by atoms with van der Waals surface area (Å²) in [4.78, 5) is 33.5. The first kappa shape index (κ1) is 20.2. The molecule has 0 atom stereocenters. The number of fused-ring (bicyclic) bond motifs is 1. The molecule has 3 heterocycles. The second-order valence-electron chi connectivity index (χ2n) is 6.43. The quantitative estimate of drug-likeness (QED) is 0.447. The third-order valence-electron chi connectivity index (χ3n) is 4.50. The number of ether oxygens (including phenoxy) is 1. The first-order chi connectivity index (χ1) is 14.5. The van der Waals surface area contributed by atoms with Crippen LogP contribution in [0.4, 0.5) is 5.13 Å². The fraction of sp³-hybridized carbons (Fsp3) is 0.211. The zero-order valence-corrected chi connectivity index (χ0v) is 18.5. The minimum Gasteiger partial charge on any atom is -0.496 e. The Morgan fingerprint density at radius 2 is 2.20 bits per heavy atom. The second kappa shape index (κ2) is 8.36. The summed E-state index contributed by atoms with van der Waals surface area (Å²) in [5.41, 5.74) is 1.95. The molecule has 4 rings (SSSR count). The number of nitrogens with zero attached hydrogens (tertiary/aromatic N) is 5. The van der Waals surface area contributed by atoms with Crippen LogP contribution in [0.25, 0.3) is 22.3 Å². The lowest BCUT2D eigenvalue weighted by Gasteiger charge is -2.06. The van der Waals surface area contributed by atoms with E-state index in [1.54, 1.807) is 14.2 Å². The Balaban J connectivity index is 1.41. The lowest BCUT2D eigenvalue weighted by Crippen LogP contribution is -2.23. The molecule has 0 bridgehead atoms. The molecule has 9 nitrogen and oxygen atoms in total. The highest BCUT2D eigenvalue weighted by Crippen LogP contribution is 2.32. The van der Waals surface area contributed by atoms with Gasteiger partial charge in [0.1, 0.15) is 11.1 Å². The van der Waals surface area contributed by atoms with Gasteiger partial charge in [0.05, 0.1) is 29.8 Å². The van der Waals surface area contributed by atoms with E-state index in [9.17, 15) is 9.59 Å². The largest absolute Gasteiger partial charge is 0.496 e. The molecule has 0 saturated carbocycles. The Bertz CT molecular complexity index is 1300. The van der Waals surface area contributed by atoms with E-state index >= 15 is 0 Å². The zero-order valence-electron chi connectivity index (χ0n) is 16.1. The highest BCUT2D eigenvalue weighted by Gasteiger charge is 2.12. The molecule has 30 heavy (non-hydrogen) atoms. The van der Waals surface area contributed by atoms with E-state index in [1.165, 1.54) is 33.1 Å². The fourth-order valence-corrected chi connectivity index (χ4v) is 4.20. The Labute approximate surface area is 183 Å². The van der Waals surface area contributed by atoms with Gasteiger partial charge in [-0.3, -0.25) is 18.8 Å². The van der Waals surface area contributed by atoms with Crippen LogP contribution in [0.5, 0.6) is 5.75 Å². The SMILES string of the molecule is COc1ccc(-c2csc(NC(=O)CCn3cnc4c(cnn4C)c3=O)n2)cc1Br. The second-order valence-corrected chi connectivity index (χ2v) is 8.15. The maximum atomic E-state index is 12.5. The van der Waals surface area contributed by atoms with Crippen LogP contribution in [-0.2, 0) is 18.4 Å². The van der Waals surface area contributed by atoms with Gasteiger partial charge in [-0.15, -0.1) is 11.3 Å². The van der Waals surface area contributed by atoms with Gasteiger partial charge in [0, 0.05) is 31.0 Å². The van der Waals surface area contributed by atoms with E-state index in [4.69, 9.17) is 4.74 Å². The number of methoxy groups -OCH3 is 1. The average molecular weight is 489 g/mol. The molecule has 0 unspecified atom stereocenters. The number of nitrogens with one attached hydrogen (secondary N) is 1. The van der Waals surface area contributed by atoms with Gasteiger partial charge in [0.15, 0.2) is 10.8 Å². The minimum atomic E-state index is -0.231. The number of benzene rings is 1. The molecule has 154 valence electrons. The molecule has 0 saturated heterocycles. The summed E-state index contributed by atoms with van der Waals surface area (Å²) in [5.74, 6) is 0.502. The minimum absolute atomic E-state index is 0.121. The number of amides is 1. The number of carbonyl (C=O) groups is 1. The average Bonchev–Trinajstić information content (AvgIpc) is 3.35. The molecule has 3 aromatic heterocycles. The van der Waals surface area contributed by atoms with E-state index in [-0.39, 0.29) is 24.4 Å². The zero-order chi connectivity index (χ0) is 21.3. The molecule has 1 N–H and O–H groups in total. The smallest absolute Gasteiger partial charge is 0.264 e. The van der Waals surface area contributed by atoms with E-state index < -0.39 is 0 Å². The van der Waals surface area contributed by atoms with E-state index in [2.05, 4.69) is 36.3 Å². The van der Waals surface area contributed by atoms with Crippen LogP contribution in [0, 0.1) is 0 Å². The summed E-state index contributed by atoms with van der Waals surface area (Å²) in [7, 11) is 3.33. The number of hydrogen-bond acceptors (Lipinski definition) is 7. The molecule has 0 aliphatic heterocycles. The van der Waals surface area contributed by atoms with E-state index in [1.807, 2.05) is 23.6 Å². The molecule has 0 aliphatic rings.